The maximum Gasteiger partial charge on any atom is 0.418 e. The van der Waals surface area contributed by atoms with Gasteiger partial charge >= 0.3 is 16.4 Å². The van der Waals surface area contributed by atoms with Crippen LogP contribution in [0.15, 0.2) is 33.7 Å². The van der Waals surface area contributed by atoms with Crippen LogP contribution in [0.25, 0.3) is 0 Å². The van der Waals surface area contributed by atoms with E-state index >= 15 is 0 Å². The molecule has 9 N–H and O–H groups in total. The Labute approximate surface area is 284 Å². The van der Waals surface area contributed by atoms with Crippen LogP contribution < -0.4 is 26.8 Å². The molecule has 21 heteroatoms. The van der Waals surface area contributed by atoms with Crippen LogP contribution in [0.2, 0.25) is 0 Å². The van der Waals surface area contributed by atoms with Crippen molar-refractivity contribution >= 4 is 56.2 Å². The van der Waals surface area contributed by atoms with Gasteiger partial charge in [-0.25, -0.2) is 9.78 Å². The molecule has 266 valence electrons. The van der Waals surface area contributed by atoms with Gasteiger partial charge < -0.3 is 41.9 Å². The summed E-state index contributed by atoms with van der Waals surface area (Å²) < 4.78 is 41.7. The fourth-order valence-corrected chi connectivity index (χ4v) is 6.64. The molecule has 3 aliphatic heterocycles. The molecule has 2 aromatic rings. The number of β-lactam (4-membered cyclic amide) rings is 1. The molecule has 1 aromatic heterocycles. The molecule has 3 aliphatic rings. The number of carbonyl (C=O) groups excluding carboxylic acids is 2. The van der Waals surface area contributed by atoms with Crippen molar-refractivity contribution in [2.75, 3.05) is 18.9 Å². The van der Waals surface area contributed by atoms with Crippen LogP contribution in [0, 0.1) is 0 Å². The highest BCUT2D eigenvalue weighted by molar-refractivity contribution is 7.80. The summed E-state index contributed by atoms with van der Waals surface area (Å²) in [6.45, 7) is 4.57. The number of amidine groups is 1. The number of carbonyl (C=O) groups is 3. The first-order valence-corrected chi connectivity index (χ1v) is 17.2. The van der Waals surface area contributed by atoms with Crippen LogP contribution in [0.4, 0.5) is 5.13 Å². The van der Waals surface area contributed by atoms with Gasteiger partial charge in [-0.15, -0.1) is 15.6 Å². The topological polar surface area (TPSA) is 291 Å². The number of nitrogens with two attached hydrogens (primary N) is 2. The predicted octanol–water partition coefficient (Wildman–Crippen LogP) is -1.05. The standard InChI is InChI=1S/C28H36N8O11S2/c1-27(2)21(24(39)36(27)47-49(42,43)44)34-23(38)20(17-12-48-26(30)33-17)35-46-28(3,25(40)41)19-7-5-13-8-14(4-6-18(13)45-19)22(29)32-15-9-16(11-37)31-10-15/h4,6,8,12,15-16,19,21,31,37H,5,7,9-11H2,1-3H3,(H2,29,32)(H2,30,33)(H,34,38)(H,40,41)(H,42,43,44)/b35-20-/t15-,16+,19+,21+,28?/m0/s1. The molecule has 5 rings (SSSR count). The van der Waals surface area contributed by atoms with Gasteiger partial charge in [-0.1, -0.05) is 5.16 Å². The molecular weight excluding hydrogens is 688 g/mol. The third-order valence-electron chi connectivity index (χ3n) is 8.51. The van der Waals surface area contributed by atoms with Gasteiger partial charge in [-0.2, -0.15) is 13.5 Å². The molecule has 0 aliphatic carbocycles. The first-order chi connectivity index (χ1) is 22.9. The summed E-state index contributed by atoms with van der Waals surface area (Å²) in [5, 5.41) is 30.9. The molecular formula is C28H36N8O11S2. The molecule has 0 spiro atoms. The number of amides is 2. The number of rotatable bonds is 12. The van der Waals surface area contributed by atoms with Crippen molar-refractivity contribution in [3.63, 3.8) is 0 Å². The van der Waals surface area contributed by atoms with E-state index in [2.05, 4.69) is 30.0 Å². The summed E-state index contributed by atoms with van der Waals surface area (Å²) in [6, 6.07) is 3.71. The number of thiazole rings is 1. The van der Waals surface area contributed by atoms with Gasteiger partial charge in [-0.05, 0) is 63.8 Å². The molecule has 4 heterocycles. The normalized spacial score (nSPS) is 25.1. The van der Waals surface area contributed by atoms with Crippen molar-refractivity contribution in [3.05, 3.63) is 40.4 Å². The van der Waals surface area contributed by atoms with Gasteiger partial charge in [-0.3, -0.25) is 19.1 Å². The van der Waals surface area contributed by atoms with Crippen molar-refractivity contribution in [1.29, 1.82) is 0 Å². The number of hydrogen-bond acceptors (Lipinski definition) is 15. The highest BCUT2D eigenvalue weighted by atomic mass is 32.3. The van der Waals surface area contributed by atoms with Gasteiger partial charge in [0.25, 0.3) is 17.4 Å². The number of ether oxygens (including phenoxy) is 1. The van der Waals surface area contributed by atoms with Crippen LogP contribution in [-0.4, -0.2) is 111 Å². The van der Waals surface area contributed by atoms with E-state index in [1.165, 1.54) is 26.2 Å². The van der Waals surface area contributed by atoms with Crippen molar-refractivity contribution in [1.82, 2.24) is 20.7 Å². The van der Waals surface area contributed by atoms with Crippen LogP contribution >= 0.6 is 11.3 Å². The number of anilines is 1. The fourth-order valence-electron chi connectivity index (χ4n) is 5.64. The van der Waals surface area contributed by atoms with Crippen LogP contribution in [0.3, 0.4) is 0 Å². The maximum atomic E-state index is 13.4. The molecule has 1 unspecified atom stereocenters. The first-order valence-electron chi connectivity index (χ1n) is 14.9. The van der Waals surface area contributed by atoms with E-state index in [-0.39, 0.29) is 35.9 Å². The Hall–Kier alpha value is -4.41. The third kappa shape index (κ3) is 7.45. The maximum absolute atomic E-state index is 13.4. The number of aliphatic carboxylic acids is 1. The average Bonchev–Trinajstić information content (AvgIpc) is 3.69. The lowest BCUT2D eigenvalue weighted by molar-refractivity contribution is -0.218. The Kier molecular flexibility index (Phi) is 9.87. The zero-order valence-electron chi connectivity index (χ0n) is 26.5. The number of aliphatic hydroxyl groups is 1. The lowest BCUT2D eigenvalue weighted by Gasteiger charge is -2.50. The highest BCUT2D eigenvalue weighted by Gasteiger charge is 2.58. The number of aliphatic imine (C=N–C) groups is 1. The van der Waals surface area contributed by atoms with E-state index < -0.39 is 57.2 Å². The predicted molar refractivity (Wildman–Crippen MR) is 173 cm³/mol. The van der Waals surface area contributed by atoms with E-state index in [9.17, 15) is 33.0 Å². The largest absolute Gasteiger partial charge is 0.485 e. The Balaban J connectivity index is 1.34. The zero-order chi connectivity index (χ0) is 35.9. The Morgan fingerprint density at radius 2 is 2.08 bits per heavy atom. The van der Waals surface area contributed by atoms with Crippen molar-refractivity contribution in [2.24, 2.45) is 15.9 Å². The third-order valence-corrected chi connectivity index (χ3v) is 9.52. The number of fused-ring (bicyclic) bond motifs is 1. The van der Waals surface area contributed by atoms with Crippen molar-refractivity contribution in [2.45, 2.75) is 75.4 Å². The van der Waals surface area contributed by atoms with E-state index in [0.29, 0.717) is 41.6 Å². The molecule has 0 radical (unpaired) electrons. The van der Waals surface area contributed by atoms with E-state index in [1.807, 2.05) is 6.07 Å². The molecule has 2 saturated heterocycles. The summed E-state index contributed by atoms with van der Waals surface area (Å²) in [6.07, 6.45) is 0.131. The number of carboxylic acid groups (broad SMARTS) is 1. The van der Waals surface area contributed by atoms with E-state index in [4.69, 9.17) is 25.6 Å². The smallest absolute Gasteiger partial charge is 0.418 e. The Bertz CT molecular complexity index is 1810. The van der Waals surface area contributed by atoms with Gasteiger partial charge in [0.2, 0.25) is 0 Å². The molecule has 5 atom stereocenters. The second-order valence-electron chi connectivity index (χ2n) is 12.4. The monoisotopic (exact) mass is 724 g/mol. The quantitative estimate of drug-likeness (QED) is 0.0452. The molecule has 0 saturated carbocycles. The molecule has 19 nitrogen and oxygen atoms in total. The molecule has 49 heavy (non-hydrogen) atoms. The average molecular weight is 725 g/mol. The zero-order valence-corrected chi connectivity index (χ0v) is 28.2. The minimum Gasteiger partial charge on any atom is -0.485 e. The van der Waals surface area contributed by atoms with E-state index in [1.54, 1.807) is 12.1 Å². The molecule has 2 amide bonds. The fraction of sp³-hybridized carbons (Fsp3) is 0.500. The summed E-state index contributed by atoms with van der Waals surface area (Å²) in [7, 11) is -5.03. The van der Waals surface area contributed by atoms with Crippen LogP contribution in [0.5, 0.6) is 5.75 Å². The lowest BCUT2D eigenvalue weighted by Crippen LogP contribution is -2.76. The first kappa shape index (κ1) is 35.9. The number of nitrogens with zero attached hydrogens (tertiary/aromatic N) is 4. The Morgan fingerprint density at radius 1 is 1.35 bits per heavy atom. The molecule has 1 aromatic carbocycles. The van der Waals surface area contributed by atoms with Gasteiger partial charge in [0.1, 0.15) is 23.3 Å². The number of nitrogens with one attached hydrogen (secondary N) is 2. The van der Waals surface area contributed by atoms with Gasteiger partial charge in [0.15, 0.2) is 16.9 Å². The van der Waals surface area contributed by atoms with Crippen LogP contribution in [-0.2, 0) is 40.3 Å². The van der Waals surface area contributed by atoms with Gasteiger partial charge in [0, 0.05) is 23.5 Å². The number of hydroxylamine groups is 2. The second kappa shape index (κ2) is 13.5. The SMILES string of the molecule is CC(O/N=C(\C(=O)N[C@@H]1C(=O)N(OS(=O)(=O)O)C1(C)C)c1csc(N)n1)(C(=O)O)[C@H]1CCc2cc(C(N)=N[C@@H]3CN[C@@H](CO)C3)ccc2O1. The van der Waals surface area contributed by atoms with Crippen molar-refractivity contribution < 1.29 is 51.4 Å². The summed E-state index contributed by atoms with van der Waals surface area (Å²) >= 11 is 0.958. The highest BCUT2D eigenvalue weighted by Crippen LogP contribution is 2.35. The lowest BCUT2D eigenvalue weighted by atomic mass is 9.84. The summed E-state index contributed by atoms with van der Waals surface area (Å²) in [5.74, 6) is -2.76. The number of oxime groups is 1. The van der Waals surface area contributed by atoms with Crippen molar-refractivity contribution in [3.8, 4) is 5.75 Å². The number of hydrogen-bond donors (Lipinski definition) is 7. The number of benzene rings is 1. The number of aromatic nitrogens is 1. The summed E-state index contributed by atoms with van der Waals surface area (Å²) in [4.78, 5) is 52.9. The number of aryl methyl sites for hydroxylation is 1. The van der Waals surface area contributed by atoms with Crippen LogP contribution in [0.1, 0.15) is 50.4 Å². The second-order valence-corrected chi connectivity index (χ2v) is 14.3. The Morgan fingerprint density at radius 3 is 2.67 bits per heavy atom. The minimum absolute atomic E-state index is 0.0120. The van der Waals surface area contributed by atoms with Gasteiger partial charge in [0.05, 0.1) is 18.2 Å². The molecule has 2 fully saturated rings. The van der Waals surface area contributed by atoms with E-state index in [0.717, 1.165) is 16.9 Å². The number of carboxylic acids is 1. The minimum atomic E-state index is -5.03. The number of nitrogen functional groups attached to an aromatic ring is 1. The summed E-state index contributed by atoms with van der Waals surface area (Å²) in [5.41, 5.74) is 9.25. The number of aliphatic hydroxyl groups excluding tert-OH is 1. The molecule has 0 bridgehead atoms.